The lowest BCUT2D eigenvalue weighted by atomic mass is 10.2. The van der Waals surface area contributed by atoms with Crippen LogP contribution in [0.2, 0.25) is 0 Å². The zero-order valence-electron chi connectivity index (χ0n) is 13.9. The van der Waals surface area contributed by atoms with E-state index in [9.17, 15) is 18.0 Å². The summed E-state index contributed by atoms with van der Waals surface area (Å²) in [6.45, 7) is 0. The summed E-state index contributed by atoms with van der Waals surface area (Å²) in [5, 5.41) is 2.63. The number of anilines is 1. The zero-order valence-corrected chi connectivity index (χ0v) is 14.7. The molecule has 0 saturated carbocycles. The normalized spacial score (nSPS) is 13.4. The minimum Gasteiger partial charge on any atom is -0.495 e. The van der Waals surface area contributed by atoms with E-state index in [4.69, 9.17) is 4.74 Å². The van der Waals surface area contributed by atoms with Crippen molar-refractivity contribution < 1.29 is 22.7 Å². The molecule has 9 heteroatoms. The molecule has 1 aromatic heterocycles. The molecule has 1 heterocycles. The monoisotopic (exact) mass is 383 g/mol. The van der Waals surface area contributed by atoms with E-state index in [1.54, 1.807) is 24.3 Å². The summed E-state index contributed by atoms with van der Waals surface area (Å²) in [7, 11) is 1.48. The number of aryl methyl sites for hydroxylation is 1. The molecule has 0 unspecified atom stereocenters. The predicted molar refractivity (Wildman–Crippen MR) is 91.4 cm³/mol. The van der Waals surface area contributed by atoms with Gasteiger partial charge in [0, 0.05) is 11.3 Å². The van der Waals surface area contributed by atoms with Gasteiger partial charge in [0.15, 0.2) is 10.9 Å². The second-order valence-electron chi connectivity index (χ2n) is 5.67. The third kappa shape index (κ3) is 4.09. The van der Waals surface area contributed by atoms with E-state index in [2.05, 4.69) is 15.3 Å². The summed E-state index contributed by atoms with van der Waals surface area (Å²) in [6.07, 6.45) is -3.05. The second kappa shape index (κ2) is 7.53. The SMILES string of the molecule is COc1ccccc1NC(=O)CSc1nc2c(c(C(F)(F)F)n1)CCC2. The number of benzene rings is 1. The molecule has 0 atom stereocenters. The van der Waals surface area contributed by atoms with E-state index in [1.807, 2.05) is 0 Å². The highest BCUT2D eigenvalue weighted by atomic mass is 32.2. The van der Waals surface area contributed by atoms with Gasteiger partial charge in [-0.15, -0.1) is 0 Å². The van der Waals surface area contributed by atoms with E-state index in [1.165, 1.54) is 7.11 Å². The van der Waals surface area contributed by atoms with Crippen LogP contribution in [-0.2, 0) is 23.8 Å². The maximum Gasteiger partial charge on any atom is 0.433 e. The number of aromatic nitrogens is 2. The third-order valence-corrected chi connectivity index (χ3v) is 4.74. The minimum atomic E-state index is -4.52. The number of hydrogen-bond donors (Lipinski definition) is 1. The summed E-state index contributed by atoms with van der Waals surface area (Å²) in [5.74, 6) is 0.0184. The van der Waals surface area contributed by atoms with Crippen molar-refractivity contribution in [2.75, 3.05) is 18.2 Å². The molecule has 5 nitrogen and oxygen atoms in total. The summed E-state index contributed by atoms with van der Waals surface area (Å²) in [4.78, 5) is 19.9. The average molecular weight is 383 g/mol. The molecule has 1 amide bonds. The molecule has 1 aliphatic rings. The number of fused-ring (bicyclic) bond motifs is 1. The molecule has 26 heavy (non-hydrogen) atoms. The van der Waals surface area contributed by atoms with Crippen molar-refractivity contribution in [3.8, 4) is 5.75 Å². The highest BCUT2D eigenvalue weighted by Crippen LogP contribution is 2.36. The van der Waals surface area contributed by atoms with Crippen molar-refractivity contribution in [3.05, 3.63) is 41.2 Å². The molecule has 3 rings (SSSR count). The highest BCUT2D eigenvalue weighted by molar-refractivity contribution is 7.99. The molecular formula is C17H16F3N3O2S. The Morgan fingerprint density at radius 1 is 1.27 bits per heavy atom. The molecule has 0 radical (unpaired) electrons. The Morgan fingerprint density at radius 2 is 2.04 bits per heavy atom. The highest BCUT2D eigenvalue weighted by Gasteiger charge is 2.38. The van der Waals surface area contributed by atoms with Crippen molar-refractivity contribution in [1.82, 2.24) is 9.97 Å². The number of alkyl halides is 3. The molecule has 1 aliphatic carbocycles. The molecule has 2 aromatic rings. The molecule has 0 fully saturated rings. The lowest BCUT2D eigenvalue weighted by Gasteiger charge is -2.12. The van der Waals surface area contributed by atoms with Gasteiger partial charge in [-0.1, -0.05) is 23.9 Å². The van der Waals surface area contributed by atoms with Gasteiger partial charge < -0.3 is 10.1 Å². The van der Waals surface area contributed by atoms with Gasteiger partial charge >= 0.3 is 6.18 Å². The average Bonchev–Trinajstić information content (AvgIpc) is 3.07. The van der Waals surface area contributed by atoms with Crippen LogP contribution in [0, 0.1) is 0 Å². The number of carbonyl (C=O) groups is 1. The number of para-hydroxylation sites is 2. The van der Waals surface area contributed by atoms with Crippen molar-refractivity contribution in [3.63, 3.8) is 0 Å². The van der Waals surface area contributed by atoms with Gasteiger partial charge in [-0.25, -0.2) is 9.97 Å². The molecular weight excluding hydrogens is 367 g/mol. The van der Waals surface area contributed by atoms with Crippen molar-refractivity contribution >= 4 is 23.4 Å². The first-order valence-corrected chi connectivity index (χ1v) is 8.89. The van der Waals surface area contributed by atoms with Gasteiger partial charge in [0.2, 0.25) is 5.91 Å². The van der Waals surface area contributed by atoms with Gasteiger partial charge in [-0.2, -0.15) is 13.2 Å². The molecule has 1 aromatic carbocycles. The number of methoxy groups -OCH3 is 1. The lowest BCUT2D eigenvalue weighted by molar-refractivity contribution is -0.142. The summed E-state index contributed by atoms with van der Waals surface area (Å²) in [6, 6.07) is 6.88. The summed E-state index contributed by atoms with van der Waals surface area (Å²) in [5.41, 5.74) is 0.222. The number of hydrogen-bond acceptors (Lipinski definition) is 5. The van der Waals surface area contributed by atoms with Gasteiger partial charge in [0.05, 0.1) is 18.6 Å². The van der Waals surface area contributed by atoms with Gasteiger partial charge in [0.25, 0.3) is 0 Å². The van der Waals surface area contributed by atoms with E-state index < -0.39 is 11.9 Å². The van der Waals surface area contributed by atoms with Gasteiger partial charge in [0.1, 0.15) is 5.75 Å². The topological polar surface area (TPSA) is 64.1 Å². The second-order valence-corrected chi connectivity index (χ2v) is 6.61. The van der Waals surface area contributed by atoms with E-state index in [0.29, 0.717) is 36.4 Å². The molecule has 0 saturated heterocycles. The number of rotatable bonds is 5. The maximum absolute atomic E-state index is 13.2. The first-order chi connectivity index (χ1) is 12.4. The molecule has 0 bridgehead atoms. The molecule has 0 aliphatic heterocycles. The third-order valence-electron chi connectivity index (χ3n) is 3.89. The number of halogens is 3. The predicted octanol–water partition coefficient (Wildman–Crippen LogP) is 3.72. The maximum atomic E-state index is 13.2. The standard InChI is InChI=1S/C17H16F3N3O2S/c1-25-13-8-3-2-6-12(13)21-14(24)9-26-16-22-11-7-4-5-10(11)15(23-16)17(18,19)20/h2-3,6,8H,4-5,7,9H2,1H3,(H,21,24). The number of nitrogens with one attached hydrogen (secondary N) is 1. The number of thioether (sulfide) groups is 1. The van der Waals surface area contributed by atoms with Crippen LogP contribution in [0.5, 0.6) is 5.75 Å². The van der Waals surface area contributed by atoms with Gasteiger partial charge in [-0.3, -0.25) is 4.79 Å². The largest absolute Gasteiger partial charge is 0.495 e. The number of ether oxygens (including phenoxy) is 1. The fourth-order valence-electron chi connectivity index (χ4n) is 2.77. The molecule has 138 valence electrons. The fraction of sp³-hybridized carbons (Fsp3) is 0.353. The van der Waals surface area contributed by atoms with Crippen LogP contribution in [0.3, 0.4) is 0 Å². The Morgan fingerprint density at radius 3 is 2.77 bits per heavy atom. The smallest absolute Gasteiger partial charge is 0.433 e. The van der Waals surface area contributed by atoms with Crippen LogP contribution < -0.4 is 10.1 Å². The van der Waals surface area contributed by atoms with Crippen LogP contribution in [0.15, 0.2) is 29.4 Å². The fourth-order valence-corrected chi connectivity index (χ4v) is 3.44. The number of carbonyl (C=O) groups excluding carboxylic acids is 1. The van der Waals surface area contributed by atoms with E-state index in [-0.39, 0.29) is 22.4 Å². The van der Waals surface area contributed by atoms with Crippen molar-refractivity contribution in [2.24, 2.45) is 0 Å². The Bertz CT molecular complexity index is 827. The summed E-state index contributed by atoms with van der Waals surface area (Å²) >= 11 is 0.882. The van der Waals surface area contributed by atoms with Crippen molar-refractivity contribution in [2.45, 2.75) is 30.6 Å². The van der Waals surface area contributed by atoms with Crippen LogP contribution >= 0.6 is 11.8 Å². The number of amides is 1. The van der Waals surface area contributed by atoms with Crippen molar-refractivity contribution in [1.29, 1.82) is 0 Å². The number of nitrogens with zero attached hydrogens (tertiary/aromatic N) is 2. The Hall–Kier alpha value is -2.29. The quantitative estimate of drug-likeness (QED) is 0.630. The Kier molecular flexibility index (Phi) is 5.36. The summed E-state index contributed by atoms with van der Waals surface area (Å²) < 4.78 is 44.7. The van der Waals surface area contributed by atoms with E-state index >= 15 is 0 Å². The lowest BCUT2D eigenvalue weighted by Crippen LogP contribution is -2.17. The van der Waals surface area contributed by atoms with Crippen LogP contribution in [0.25, 0.3) is 0 Å². The van der Waals surface area contributed by atoms with E-state index in [0.717, 1.165) is 11.8 Å². The first-order valence-electron chi connectivity index (χ1n) is 7.91. The van der Waals surface area contributed by atoms with Crippen LogP contribution in [0.1, 0.15) is 23.4 Å². The first kappa shape index (κ1) is 18.5. The van der Waals surface area contributed by atoms with Gasteiger partial charge in [-0.05, 0) is 31.4 Å². The minimum absolute atomic E-state index is 0.0341. The molecule has 0 spiro atoms. The Labute approximate surface area is 152 Å². The van der Waals surface area contributed by atoms with Crippen LogP contribution in [0.4, 0.5) is 18.9 Å². The molecule has 1 N–H and O–H groups in total. The van der Waals surface area contributed by atoms with Crippen LogP contribution in [-0.4, -0.2) is 28.7 Å². The zero-order chi connectivity index (χ0) is 18.7. The Balaban J connectivity index is 1.71.